The van der Waals surface area contributed by atoms with Crippen LogP contribution in [-0.4, -0.2) is 35.6 Å². The molecule has 132 valence electrons. The van der Waals surface area contributed by atoms with Gasteiger partial charge in [0.15, 0.2) is 0 Å². The zero-order valence-corrected chi connectivity index (χ0v) is 15.3. The molecule has 1 atom stereocenters. The first-order valence-electron chi connectivity index (χ1n) is 8.06. The maximum absolute atomic E-state index is 12.4. The molecule has 2 N–H and O–H groups in total. The van der Waals surface area contributed by atoms with Crippen molar-refractivity contribution in [1.29, 1.82) is 0 Å². The van der Waals surface area contributed by atoms with Crippen LogP contribution in [-0.2, 0) is 16.0 Å². The third-order valence-electron chi connectivity index (χ3n) is 3.09. The predicted octanol–water partition coefficient (Wildman–Crippen LogP) is 3.02. The van der Waals surface area contributed by atoms with Gasteiger partial charge in [0.2, 0.25) is 5.91 Å². The number of hydrogen-bond acceptors (Lipinski definition) is 4. The zero-order chi connectivity index (χ0) is 18.0. The van der Waals surface area contributed by atoms with E-state index in [1.54, 1.807) is 26.1 Å². The van der Waals surface area contributed by atoms with Crippen LogP contribution in [0.3, 0.4) is 0 Å². The van der Waals surface area contributed by atoms with Crippen molar-refractivity contribution < 1.29 is 14.3 Å². The summed E-state index contributed by atoms with van der Waals surface area (Å²) in [6.45, 7) is 5.87. The van der Waals surface area contributed by atoms with Gasteiger partial charge in [-0.2, -0.15) is 0 Å². The molecule has 0 heterocycles. The maximum Gasteiger partial charge on any atom is 0.408 e. The second kappa shape index (κ2) is 10.0. The van der Waals surface area contributed by atoms with E-state index < -0.39 is 17.7 Å². The van der Waals surface area contributed by atoms with E-state index in [-0.39, 0.29) is 5.91 Å². The molecule has 0 bridgehead atoms. The molecule has 0 aliphatic rings. The predicted molar refractivity (Wildman–Crippen MR) is 99.2 cm³/mol. The first-order valence-corrected chi connectivity index (χ1v) is 8.54. The lowest BCUT2D eigenvalue weighted by Crippen LogP contribution is -2.49. The summed E-state index contributed by atoms with van der Waals surface area (Å²) >= 11 is 4.77. The van der Waals surface area contributed by atoms with Gasteiger partial charge in [0.25, 0.3) is 0 Å². The molecular weight excluding hydrogens is 324 g/mol. The molecule has 0 spiro atoms. The summed E-state index contributed by atoms with van der Waals surface area (Å²) in [5, 5.41) is 7.14. The quantitative estimate of drug-likeness (QED) is 0.559. The van der Waals surface area contributed by atoms with Gasteiger partial charge in [-0.25, -0.2) is 4.79 Å². The average Bonchev–Trinajstić information content (AvgIpc) is 2.50. The van der Waals surface area contributed by atoms with Gasteiger partial charge in [-0.15, -0.1) is 0 Å². The van der Waals surface area contributed by atoms with E-state index in [2.05, 4.69) is 10.6 Å². The Morgan fingerprint density at radius 2 is 1.92 bits per heavy atom. The number of hydrogen-bond donors (Lipinski definition) is 2. The molecular formula is C18H26N2O3S. The van der Waals surface area contributed by atoms with E-state index in [0.717, 1.165) is 18.4 Å². The minimum Gasteiger partial charge on any atom is -0.444 e. The summed E-state index contributed by atoms with van der Waals surface area (Å²) in [5.41, 5.74) is 0.351. The molecule has 0 saturated heterocycles. The lowest BCUT2D eigenvalue weighted by atomic mass is 10.1. The number of alkyl carbamates (subject to hydrolysis) is 1. The smallest absolute Gasteiger partial charge is 0.408 e. The Morgan fingerprint density at radius 1 is 1.25 bits per heavy atom. The normalized spacial score (nSPS) is 12.1. The second-order valence-electron chi connectivity index (χ2n) is 6.49. The van der Waals surface area contributed by atoms with Gasteiger partial charge < -0.3 is 15.4 Å². The molecule has 6 heteroatoms. The Morgan fingerprint density at radius 3 is 2.50 bits per heavy atom. The van der Waals surface area contributed by atoms with Crippen molar-refractivity contribution in [2.75, 3.05) is 6.54 Å². The molecule has 0 radical (unpaired) electrons. The summed E-state index contributed by atoms with van der Waals surface area (Å²) in [7, 11) is 0. The van der Waals surface area contributed by atoms with Crippen molar-refractivity contribution >= 4 is 29.6 Å². The number of nitrogens with one attached hydrogen (secondary N) is 2. The summed E-state index contributed by atoms with van der Waals surface area (Å²) in [4.78, 5) is 24.4. The lowest BCUT2D eigenvalue weighted by molar-refractivity contribution is -0.123. The Hall–Kier alpha value is -1.95. The van der Waals surface area contributed by atoms with Crippen molar-refractivity contribution in [3.8, 4) is 0 Å². The molecule has 0 unspecified atom stereocenters. The average molecular weight is 350 g/mol. The Balaban J connectivity index is 2.69. The highest BCUT2D eigenvalue weighted by molar-refractivity contribution is 7.78. The minimum atomic E-state index is -0.685. The Bertz CT molecular complexity index is 541. The fourth-order valence-corrected chi connectivity index (χ4v) is 2.20. The highest BCUT2D eigenvalue weighted by Gasteiger charge is 2.24. The molecule has 0 fully saturated rings. The number of carbonyl (C=O) groups excluding carboxylic acids is 2. The number of unbranched alkanes of at least 4 members (excludes halogenated alkanes) is 1. The van der Waals surface area contributed by atoms with Gasteiger partial charge in [0.1, 0.15) is 11.6 Å². The third-order valence-corrected chi connectivity index (χ3v) is 3.32. The van der Waals surface area contributed by atoms with Gasteiger partial charge in [-0.3, -0.25) is 4.79 Å². The summed E-state index contributed by atoms with van der Waals surface area (Å²) in [5.74, 6) is -0.228. The largest absolute Gasteiger partial charge is 0.444 e. The monoisotopic (exact) mass is 350 g/mol. The SMILES string of the molecule is CC(C)(C)OC(=O)N[C@@H](Cc1ccccc1)C(=O)NCCCC=S. The van der Waals surface area contributed by atoms with E-state index in [1.165, 1.54) is 0 Å². The van der Waals surface area contributed by atoms with Crippen LogP contribution in [0.2, 0.25) is 0 Å². The maximum atomic E-state index is 12.4. The first kappa shape index (κ1) is 20.1. The standard InChI is InChI=1S/C18H26N2O3S/c1-18(2,3)23-17(22)20-15(13-14-9-5-4-6-10-14)16(21)19-11-7-8-12-24/h4-6,9-10,12,15H,7-8,11,13H2,1-3H3,(H,19,21)(H,20,22)/t15-/m0/s1. The molecule has 5 nitrogen and oxygen atoms in total. The number of ether oxygens (including phenoxy) is 1. The van der Waals surface area contributed by atoms with Crippen LogP contribution in [0.5, 0.6) is 0 Å². The van der Waals surface area contributed by atoms with Crippen LogP contribution >= 0.6 is 12.2 Å². The summed E-state index contributed by atoms with van der Waals surface area (Å²) in [6, 6.07) is 8.86. The van der Waals surface area contributed by atoms with E-state index in [0.29, 0.717) is 13.0 Å². The fourth-order valence-electron chi connectivity index (χ4n) is 2.03. The van der Waals surface area contributed by atoms with E-state index in [9.17, 15) is 9.59 Å². The molecule has 1 aromatic carbocycles. The minimum absolute atomic E-state index is 0.228. The number of carbonyl (C=O) groups is 2. The highest BCUT2D eigenvalue weighted by atomic mass is 32.1. The van der Waals surface area contributed by atoms with Crippen LogP contribution in [0, 0.1) is 0 Å². The topological polar surface area (TPSA) is 67.4 Å². The Labute approximate surface area is 149 Å². The molecule has 2 amide bonds. The van der Waals surface area contributed by atoms with E-state index in [1.807, 2.05) is 30.3 Å². The van der Waals surface area contributed by atoms with Gasteiger partial charge in [-0.05, 0) is 44.5 Å². The number of benzene rings is 1. The first-order chi connectivity index (χ1) is 11.3. The van der Waals surface area contributed by atoms with Gasteiger partial charge in [0.05, 0.1) is 0 Å². The van der Waals surface area contributed by atoms with Crippen molar-refractivity contribution in [3.05, 3.63) is 35.9 Å². The van der Waals surface area contributed by atoms with Crippen molar-refractivity contribution in [1.82, 2.24) is 10.6 Å². The lowest BCUT2D eigenvalue weighted by Gasteiger charge is -2.23. The molecule has 24 heavy (non-hydrogen) atoms. The summed E-state index contributed by atoms with van der Waals surface area (Å²) < 4.78 is 5.25. The van der Waals surface area contributed by atoms with Crippen molar-refractivity contribution in [2.45, 2.75) is 51.7 Å². The number of thiocarbonyl (C=S) groups is 1. The molecule has 0 aliphatic carbocycles. The molecule has 0 saturated carbocycles. The molecule has 1 aromatic rings. The van der Waals surface area contributed by atoms with Crippen LogP contribution < -0.4 is 10.6 Å². The van der Waals surface area contributed by atoms with Crippen LogP contribution in [0.15, 0.2) is 30.3 Å². The molecule has 1 rings (SSSR count). The van der Waals surface area contributed by atoms with Gasteiger partial charge in [-0.1, -0.05) is 42.5 Å². The molecule has 0 aliphatic heterocycles. The molecule has 0 aromatic heterocycles. The van der Waals surface area contributed by atoms with E-state index >= 15 is 0 Å². The third kappa shape index (κ3) is 8.62. The van der Waals surface area contributed by atoms with Crippen LogP contribution in [0.25, 0.3) is 0 Å². The van der Waals surface area contributed by atoms with Gasteiger partial charge in [0, 0.05) is 13.0 Å². The Kier molecular flexibility index (Phi) is 8.40. The number of rotatable bonds is 8. The van der Waals surface area contributed by atoms with Crippen LogP contribution in [0.1, 0.15) is 39.2 Å². The van der Waals surface area contributed by atoms with Crippen LogP contribution in [0.4, 0.5) is 4.79 Å². The summed E-state index contributed by atoms with van der Waals surface area (Å²) in [6.07, 6.45) is 1.34. The highest BCUT2D eigenvalue weighted by Crippen LogP contribution is 2.08. The fraction of sp³-hybridized carbons (Fsp3) is 0.500. The van der Waals surface area contributed by atoms with Crippen molar-refractivity contribution in [2.24, 2.45) is 0 Å². The zero-order valence-electron chi connectivity index (χ0n) is 14.5. The van der Waals surface area contributed by atoms with E-state index in [4.69, 9.17) is 17.0 Å². The number of amides is 2. The van der Waals surface area contributed by atoms with Crippen molar-refractivity contribution in [3.63, 3.8) is 0 Å². The van der Waals surface area contributed by atoms with Gasteiger partial charge >= 0.3 is 6.09 Å². The second-order valence-corrected chi connectivity index (χ2v) is 6.82.